The SMILES string of the molecule is Cc1cc2c3c(c1)N1c4cccc(c4)Oc4cccc(c4)N(c4ccccc4)c4ccc(c1c4)B3C1=C([C@H]3C(S1)c1ccccc1N3c1ccccc1)N2c1cccc2c1CCC2(C)C. The predicted octanol–water partition coefficient (Wildman–Crippen LogP) is 14.1. The maximum absolute atomic E-state index is 6.74. The highest BCUT2D eigenvalue weighted by Gasteiger charge is 2.56. The first-order valence-corrected chi connectivity index (χ1v) is 23.9. The standard InChI is InChI=1S/C58H45BN4OS/c1-36-31-51-53-52(32-36)63(48-26-14-24-46-44(48)29-30-58(46,2)3)55-54-56(45-23-10-11-25-49(45)62(54)38-17-8-5-9-18-38)65-57(55)59(53)47-28-27-41-35-50(47)61(51)40-20-13-22-43(34-40)64-42-21-12-19-39(33-42)60(41)37-15-6-4-7-16-37/h4-28,31-35,54,56H,29-30H2,1-3H3/t54-,56?/m0/s1. The molecule has 0 spiro atoms. The summed E-state index contributed by atoms with van der Waals surface area (Å²) in [6.45, 7) is 7.15. The Balaban J connectivity index is 1.08. The summed E-state index contributed by atoms with van der Waals surface area (Å²) in [5.41, 5.74) is 21.6. The average Bonchev–Trinajstić information content (AvgIpc) is 3.97. The number of nitrogens with zero attached hydrogens (tertiary/aromatic N) is 4. The zero-order valence-corrected chi connectivity index (χ0v) is 37.4. The number of anilines is 10. The molecule has 6 aliphatic rings. The van der Waals surface area contributed by atoms with Gasteiger partial charge < -0.3 is 24.3 Å². The quantitative estimate of drug-likeness (QED) is 0.164. The lowest BCUT2D eigenvalue weighted by molar-refractivity contribution is 0.483. The molecule has 5 heterocycles. The van der Waals surface area contributed by atoms with Gasteiger partial charge in [-0.1, -0.05) is 98.8 Å². The Labute approximate surface area is 385 Å². The molecule has 5 nitrogen and oxygen atoms in total. The second-order valence-corrected chi connectivity index (χ2v) is 20.2. The summed E-state index contributed by atoms with van der Waals surface area (Å²) in [6.07, 6.45) is 2.20. The van der Waals surface area contributed by atoms with Crippen LogP contribution < -0.4 is 35.3 Å². The summed E-state index contributed by atoms with van der Waals surface area (Å²) < 4.78 is 6.74. The molecule has 65 heavy (non-hydrogen) atoms. The topological polar surface area (TPSA) is 22.2 Å². The van der Waals surface area contributed by atoms with Crippen LogP contribution in [0.1, 0.15) is 47.8 Å². The van der Waals surface area contributed by atoms with Crippen molar-refractivity contribution in [2.24, 2.45) is 0 Å². The number of ether oxygens (including phenoxy) is 1. The van der Waals surface area contributed by atoms with Gasteiger partial charge in [-0.25, -0.2) is 0 Å². The zero-order chi connectivity index (χ0) is 43.1. The van der Waals surface area contributed by atoms with Gasteiger partial charge in [0, 0.05) is 74.7 Å². The second kappa shape index (κ2) is 13.7. The third-order valence-electron chi connectivity index (χ3n) is 14.8. The van der Waals surface area contributed by atoms with E-state index in [0.29, 0.717) is 0 Å². The van der Waals surface area contributed by atoms with Crippen LogP contribution in [-0.2, 0) is 11.8 Å². The third-order valence-corrected chi connectivity index (χ3v) is 16.3. The first-order valence-electron chi connectivity index (χ1n) is 23.0. The number of thioether (sulfide) groups is 1. The van der Waals surface area contributed by atoms with Crippen molar-refractivity contribution in [3.05, 3.63) is 215 Å². The van der Waals surface area contributed by atoms with Gasteiger partial charge in [0.25, 0.3) is 6.71 Å². The second-order valence-electron chi connectivity index (χ2n) is 19.0. The lowest BCUT2D eigenvalue weighted by Crippen LogP contribution is -2.56. The van der Waals surface area contributed by atoms with Crippen LogP contribution >= 0.6 is 11.8 Å². The summed E-state index contributed by atoms with van der Waals surface area (Å²) in [5, 5.41) is 0.208. The molecule has 2 atom stereocenters. The van der Waals surface area contributed by atoms with Crippen molar-refractivity contribution in [3.63, 3.8) is 0 Å². The highest BCUT2D eigenvalue weighted by Crippen LogP contribution is 2.64. The fourth-order valence-electron chi connectivity index (χ4n) is 12.0. The van der Waals surface area contributed by atoms with E-state index < -0.39 is 0 Å². The van der Waals surface area contributed by atoms with Gasteiger partial charge in [0.15, 0.2) is 0 Å². The number of fused-ring (bicyclic) bond motifs is 14. The maximum atomic E-state index is 6.74. The van der Waals surface area contributed by atoms with E-state index in [1.165, 1.54) is 77.8 Å². The average molecular weight is 857 g/mol. The molecule has 0 N–H and O–H groups in total. The lowest BCUT2D eigenvalue weighted by atomic mass is 9.36. The van der Waals surface area contributed by atoms with Crippen molar-refractivity contribution in [2.75, 3.05) is 19.6 Å². The number of rotatable bonds is 3. The first-order chi connectivity index (χ1) is 31.9. The largest absolute Gasteiger partial charge is 0.457 e. The van der Waals surface area contributed by atoms with E-state index in [-0.39, 0.29) is 23.4 Å². The van der Waals surface area contributed by atoms with Crippen LogP contribution in [0.25, 0.3) is 0 Å². The van der Waals surface area contributed by atoms with E-state index >= 15 is 0 Å². The molecule has 7 heteroatoms. The number of benzene rings is 8. The zero-order valence-electron chi connectivity index (χ0n) is 36.6. The van der Waals surface area contributed by atoms with E-state index in [2.05, 4.69) is 234 Å². The summed E-state index contributed by atoms with van der Waals surface area (Å²) in [7, 11) is 0. The lowest BCUT2D eigenvalue weighted by Gasteiger charge is -2.46. The molecule has 8 aromatic rings. The van der Waals surface area contributed by atoms with E-state index in [1.54, 1.807) is 0 Å². The van der Waals surface area contributed by atoms with Crippen molar-refractivity contribution < 1.29 is 4.74 Å². The monoisotopic (exact) mass is 856 g/mol. The molecule has 1 aliphatic carbocycles. The van der Waals surface area contributed by atoms with E-state index in [9.17, 15) is 0 Å². The Kier molecular flexibility index (Phi) is 7.87. The predicted molar refractivity (Wildman–Crippen MR) is 272 cm³/mol. The molecule has 14 rings (SSSR count). The van der Waals surface area contributed by atoms with Crippen LogP contribution in [0, 0.1) is 6.92 Å². The highest BCUT2D eigenvalue weighted by atomic mass is 32.2. The molecule has 0 fully saturated rings. The minimum absolute atomic E-state index is 0.0154. The van der Waals surface area contributed by atoms with Gasteiger partial charge >= 0.3 is 0 Å². The van der Waals surface area contributed by atoms with E-state index in [0.717, 1.165) is 47.1 Å². The van der Waals surface area contributed by atoms with Crippen molar-refractivity contribution in [3.8, 4) is 11.5 Å². The molecular formula is C58H45BN4OS. The molecule has 8 aromatic carbocycles. The summed E-state index contributed by atoms with van der Waals surface area (Å²) in [5.74, 6) is 1.61. The summed E-state index contributed by atoms with van der Waals surface area (Å²) in [4.78, 5) is 11.7. The minimum Gasteiger partial charge on any atom is -0.457 e. The molecule has 6 bridgehead atoms. The molecule has 5 aliphatic heterocycles. The Morgan fingerprint density at radius 1 is 0.554 bits per heavy atom. The molecule has 1 unspecified atom stereocenters. The Morgan fingerprint density at radius 2 is 1.18 bits per heavy atom. The number of hydrogen-bond acceptors (Lipinski definition) is 6. The molecule has 0 saturated heterocycles. The Bertz CT molecular complexity index is 3330. The van der Waals surface area contributed by atoms with Gasteiger partial charge in [0.1, 0.15) is 11.5 Å². The molecule has 0 radical (unpaired) electrons. The van der Waals surface area contributed by atoms with Crippen LogP contribution in [0.5, 0.6) is 11.5 Å². The van der Waals surface area contributed by atoms with Crippen molar-refractivity contribution >= 4 is 86.3 Å². The third kappa shape index (κ3) is 5.36. The Morgan fingerprint density at radius 3 is 1.95 bits per heavy atom. The normalized spacial score (nSPS) is 18.8. The van der Waals surface area contributed by atoms with E-state index in [1.807, 2.05) is 0 Å². The van der Waals surface area contributed by atoms with Crippen LogP contribution in [-0.4, -0.2) is 12.8 Å². The fraction of sp³-hybridized carbons (Fsp3) is 0.138. The molecule has 312 valence electrons. The van der Waals surface area contributed by atoms with Crippen LogP contribution in [0.15, 0.2) is 192 Å². The van der Waals surface area contributed by atoms with Gasteiger partial charge in [-0.15, -0.1) is 11.8 Å². The van der Waals surface area contributed by atoms with Crippen molar-refractivity contribution in [1.29, 1.82) is 0 Å². The van der Waals surface area contributed by atoms with Gasteiger partial charge in [0.05, 0.1) is 11.3 Å². The van der Waals surface area contributed by atoms with Gasteiger partial charge in [0.2, 0.25) is 0 Å². The fourth-order valence-corrected chi connectivity index (χ4v) is 13.7. The van der Waals surface area contributed by atoms with Gasteiger partial charge in [-0.2, -0.15) is 0 Å². The number of para-hydroxylation sites is 3. The Hall–Kier alpha value is -7.09. The minimum atomic E-state index is 0.0154. The van der Waals surface area contributed by atoms with Crippen molar-refractivity contribution in [2.45, 2.75) is 50.3 Å². The van der Waals surface area contributed by atoms with Gasteiger partial charge in [-0.3, -0.25) is 0 Å². The summed E-state index contributed by atoms with van der Waals surface area (Å²) >= 11 is 2.10. The molecule has 0 amide bonds. The van der Waals surface area contributed by atoms with Crippen LogP contribution in [0.4, 0.5) is 56.9 Å². The molecule has 0 aromatic heterocycles. The highest BCUT2D eigenvalue weighted by molar-refractivity contribution is 8.06. The molecule has 0 saturated carbocycles. The summed E-state index contributed by atoms with van der Waals surface area (Å²) in [6, 6.07) is 67.5. The molecular weight excluding hydrogens is 812 g/mol. The van der Waals surface area contributed by atoms with Gasteiger partial charge in [-0.05, 0) is 148 Å². The van der Waals surface area contributed by atoms with Crippen LogP contribution in [0.2, 0.25) is 0 Å². The van der Waals surface area contributed by atoms with E-state index in [4.69, 9.17) is 4.74 Å². The van der Waals surface area contributed by atoms with Crippen LogP contribution in [0.3, 0.4) is 0 Å². The number of aryl methyl sites for hydroxylation is 1. The number of hydrogen-bond donors (Lipinski definition) is 0. The van der Waals surface area contributed by atoms with Crippen molar-refractivity contribution in [1.82, 2.24) is 0 Å². The maximum Gasteiger partial charge on any atom is 0.259 e. The smallest absolute Gasteiger partial charge is 0.259 e. The first kappa shape index (κ1) is 37.3.